The van der Waals surface area contributed by atoms with E-state index in [-0.39, 0.29) is 19.3 Å². The van der Waals surface area contributed by atoms with Gasteiger partial charge in [-0.1, -0.05) is 235 Å². The zero-order valence-electron chi connectivity index (χ0n) is 55.2. The molecule has 0 aliphatic heterocycles. The second-order valence-electron chi connectivity index (χ2n) is 21.1. The Hall–Kier alpha value is -5.35. The van der Waals surface area contributed by atoms with Crippen LogP contribution in [0.2, 0.25) is 0 Å². The van der Waals surface area contributed by atoms with Gasteiger partial charge >= 0.3 is 33.6 Å². The zero-order chi connectivity index (χ0) is 66.7. The van der Waals surface area contributed by atoms with Gasteiger partial charge in [0.1, 0.15) is 25.4 Å². The molecule has 5 unspecified atom stereocenters. The van der Waals surface area contributed by atoms with Gasteiger partial charge in [-0.25, -0.2) is 9.13 Å². The van der Waals surface area contributed by atoms with Crippen molar-refractivity contribution >= 4 is 33.6 Å². The standard InChI is InChI=1S/C73H114O16P2/c1-4-7-10-13-16-19-22-25-28-31-33-36-38-41-44-47-50-53-56-59-71(76)83-62-68(74)63-85-90(79,80)86-64-69(75)65-87-91(81,82)88-67-70(89-73(78)61-58-55-52-49-46-43-40-35-30-27-24-21-18-15-12-9-6-3)66-84-72(77)60-57-54-51-48-45-42-39-37-34-32-29-26-23-20-17-14-11-8-5-2/h7-12,16-21,25-30,33-34,36-37,41-42,44-45,50-51,53-54,68-70,74-75H,4-6,13-15,22-24,31-32,35,38-40,43,46-49,52,55-67H2,1-3H3,(H,79,80)(H,81,82)/b10-7-,11-8-,12-9-,19-16-,20-17-,21-18-,28-25-,29-26-,30-27-,36-33-,37-34-,44-41-,45-42-,53-50-,54-51-. The first-order valence-corrected chi connectivity index (χ1v) is 36.1. The third-order valence-electron chi connectivity index (χ3n) is 12.6. The number of rotatable bonds is 60. The van der Waals surface area contributed by atoms with Crippen molar-refractivity contribution in [1.29, 1.82) is 0 Å². The van der Waals surface area contributed by atoms with Crippen molar-refractivity contribution in [1.82, 2.24) is 0 Å². The second-order valence-corrected chi connectivity index (χ2v) is 24.0. The van der Waals surface area contributed by atoms with E-state index in [2.05, 4.69) is 167 Å². The van der Waals surface area contributed by atoms with Gasteiger partial charge in [-0.05, 0) is 128 Å². The number of carbonyl (C=O) groups excluding carboxylic acids is 3. The lowest BCUT2D eigenvalue weighted by Gasteiger charge is -2.21. The summed E-state index contributed by atoms with van der Waals surface area (Å²) < 4.78 is 60.7. The summed E-state index contributed by atoms with van der Waals surface area (Å²) in [6.07, 6.45) is 81.2. The van der Waals surface area contributed by atoms with Gasteiger partial charge in [-0.2, -0.15) is 0 Å². The van der Waals surface area contributed by atoms with E-state index in [9.17, 15) is 43.5 Å². The molecule has 4 N–H and O–H groups in total. The van der Waals surface area contributed by atoms with Gasteiger partial charge in [-0.15, -0.1) is 0 Å². The largest absolute Gasteiger partial charge is 0.472 e. The monoisotopic (exact) mass is 1310 g/mol. The molecule has 0 aromatic heterocycles. The number of phosphoric acid groups is 2. The van der Waals surface area contributed by atoms with Gasteiger partial charge in [-0.3, -0.25) is 32.5 Å². The summed E-state index contributed by atoms with van der Waals surface area (Å²) in [5.41, 5.74) is 0. The summed E-state index contributed by atoms with van der Waals surface area (Å²) in [4.78, 5) is 58.3. The van der Waals surface area contributed by atoms with Crippen LogP contribution in [0.3, 0.4) is 0 Å². The third-order valence-corrected chi connectivity index (χ3v) is 14.5. The van der Waals surface area contributed by atoms with Crippen LogP contribution in [0.1, 0.15) is 201 Å². The summed E-state index contributed by atoms with van der Waals surface area (Å²) in [5.74, 6) is -1.79. The Bertz CT molecular complexity index is 2390. The van der Waals surface area contributed by atoms with E-state index in [1.54, 1.807) is 0 Å². The number of ether oxygens (including phenoxy) is 3. The Balaban J connectivity index is 4.88. The van der Waals surface area contributed by atoms with Crippen molar-refractivity contribution in [3.63, 3.8) is 0 Å². The van der Waals surface area contributed by atoms with Gasteiger partial charge in [0, 0.05) is 19.3 Å². The first-order chi connectivity index (χ1) is 44.2. The van der Waals surface area contributed by atoms with Crippen LogP contribution in [0.4, 0.5) is 0 Å². The maximum absolute atomic E-state index is 12.9. The van der Waals surface area contributed by atoms with Crippen LogP contribution in [0, 0.1) is 0 Å². The quantitative estimate of drug-likeness (QED) is 0.0146. The number of carbonyl (C=O) groups is 3. The minimum Gasteiger partial charge on any atom is -0.463 e. The molecule has 0 heterocycles. The maximum Gasteiger partial charge on any atom is 0.472 e. The number of hydrogen-bond acceptors (Lipinski definition) is 14. The van der Waals surface area contributed by atoms with Crippen LogP contribution in [-0.4, -0.2) is 95.9 Å². The summed E-state index contributed by atoms with van der Waals surface area (Å²) in [6, 6.07) is 0. The normalized spacial score (nSPS) is 15.4. The smallest absolute Gasteiger partial charge is 0.463 e. The average Bonchev–Trinajstić information content (AvgIpc) is 3.02. The molecule has 0 bridgehead atoms. The predicted octanol–water partition coefficient (Wildman–Crippen LogP) is 18.3. The lowest BCUT2D eigenvalue weighted by molar-refractivity contribution is -0.161. The maximum atomic E-state index is 12.9. The molecule has 0 saturated heterocycles. The van der Waals surface area contributed by atoms with Crippen molar-refractivity contribution in [2.45, 2.75) is 219 Å². The lowest BCUT2D eigenvalue weighted by atomic mass is 10.1. The van der Waals surface area contributed by atoms with Crippen molar-refractivity contribution in [2.75, 3.05) is 39.6 Å². The van der Waals surface area contributed by atoms with Crippen LogP contribution in [0.15, 0.2) is 182 Å². The highest BCUT2D eigenvalue weighted by Crippen LogP contribution is 2.45. The first-order valence-electron chi connectivity index (χ1n) is 33.1. The molecule has 0 aromatic carbocycles. The SMILES string of the molecule is CC/C=C\C/C=C\C/C=C\C/C=C\C/C=C\C/C=C\CCC(=O)OCC(O)COP(=O)(O)OCC(O)COP(=O)(O)OCC(COC(=O)CC/C=C\C/C=C\C/C=C\C/C=C\C/C=C\C/C=C\CC)OC(=O)CCCCCCCCC/C=C\C/C=C\C/C=C\CC. The molecule has 16 nitrogen and oxygen atoms in total. The Morgan fingerprint density at radius 3 is 0.912 bits per heavy atom. The molecule has 0 aromatic rings. The Morgan fingerprint density at radius 1 is 0.308 bits per heavy atom. The van der Waals surface area contributed by atoms with Crippen LogP contribution >= 0.6 is 15.6 Å². The summed E-state index contributed by atoms with van der Waals surface area (Å²) in [7, 11) is -9.84. The van der Waals surface area contributed by atoms with E-state index in [4.69, 9.17) is 32.3 Å². The van der Waals surface area contributed by atoms with Crippen LogP contribution in [-0.2, 0) is 55.8 Å². The first kappa shape index (κ1) is 85.7. The third kappa shape index (κ3) is 65.9. The van der Waals surface area contributed by atoms with Gasteiger partial charge in [0.05, 0.1) is 26.4 Å². The second kappa shape index (κ2) is 64.7. The van der Waals surface area contributed by atoms with Gasteiger partial charge < -0.3 is 34.2 Å². The molecule has 91 heavy (non-hydrogen) atoms. The highest BCUT2D eigenvalue weighted by molar-refractivity contribution is 7.47. The Labute approximate surface area is 547 Å². The molecule has 512 valence electrons. The van der Waals surface area contributed by atoms with E-state index in [1.165, 1.54) is 0 Å². The zero-order valence-corrected chi connectivity index (χ0v) is 57.0. The Kier molecular flexibility index (Phi) is 60.9. The fraction of sp³-hybridized carbons (Fsp3) is 0.548. The van der Waals surface area contributed by atoms with E-state index in [0.29, 0.717) is 32.1 Å². The fourth-order valence-corrected chi connectivity index (χ4v) is 9.28. The van der Waals surface area contributed by atoms with Crippen molar-refractivity contribution < 1.29 is 75.8 Å². The van der Waals surface area contributed by atoms with Crippen LogP contribution < -0.4 is 0 Å². The summed E-state index contributed by atoms with van der Waals surface area (Å²) in [5, 5.41) is 20.5. The predicted molar refractivity (Wildman–Crippen MR) is 371 cm³/mol. The van der Waals surface area contributed by atoms with Crippen LogP contribution in [0.25, 0.3) is 0 Å². The number of esters is 3. The van der Waals surface area contributed by atoms with Crippen molar-refractivity contribution in [2.24, 2.45) is 0 Å². The van der Waals surface area contributed by atoms with Crippen molar-refractivity contribution in [3.8, 4) is 0 Å². The molecular weight excluding hydrogens is 1190 g/mol. The Morgan fingerprint density at radius 2 is 0.571 bits per heavy atom. The lowest BCUT2D eigenvalue weighted by Crippen LogP contribution is -2.30. The number of phosphoric ester groups is 2. The molecular formula is C73H114O16P2. The number of aliphatic hydroxyl groups excluding tert-OH is 2. The molecule has 18 heteroatoms. The number of aliphatic hydroxyl groups is 2. The van der Waals surface area contributed by atoms with E-state index < -0.39 is 91.5 Å². The molecule has 0 spiro atoms. The van der Waals surface area contributed by atoms with Gasteiger partial charge in [0.2, 0.25) is 0 Å². The summed E-state index contributed by atoms with van der Waals surface area (Å²) >= 11 is 0. The number of hydrogen-bond donors (Lipinski definition) is 4. The molecule has 0 saturated carbocycles. The molecule has 0 amide bonds. The molecule has 5 atom stereocenters. The number of unbranched alkanes of at least 4 members (excludes halogenated alkanes) is 7. The van der Waals surface area contributed by atoms with E-state index >= 15 is 0 Å². The number of allylic oxidation sites excluding steroid dienone is 30. The van der Waals surface area contributed by atoms with E-state index in [1.807, 2.05) is 36.5 Å². The van der Waals surface area contributed by atoms with Crippen LogP contribution in [0.5, 0.6) is 0 Å². The van der Waals surface area contributed by atoms with Gasteiger partial charge in [0.25, 0.3) is 0 Å². The average molecular weight is 1310 g/mol. The van der Waals surface area contributed by atoms with E-state index in [0.717, 1.165) is 128 Å². The molecule has 0 aliphatic rings. The van der Waals surface area contributed by atoms with Gasteiger partial charge in [0.15, 0.2) is 6.10 Å². The fourth-order valence-electron chi connectivity index (χ4n) is 7.69. The van der Waals surface area contributed by atoms with Crippen molar-refractivity contribution in [3.05, 3.63) is 182 Å². The topological polar surface area (TPSA) is 231 Å². The molecule has 0 fully saturated rings. The minimum absolute atomic E-state index is 0.0334. The highest BCUT2D eigenvalue weighted by Gasteiger charge is 2.29. The minimum atomic E-state index is -4.96. The molecule has 0 aliphatic carbocycles. The molecule has 0 radical (unpaired) electrons. The highest BCUT2D eigenvalue weighted by atomic mass is 31.2. The molecule has 0 rings (SSSR count). The summed E-state index contributed by atoms with van der Waals surface area (Å²) in [6.45, 7) is 2.09.